The molecule has 0 aliphatic heterocycles. The smallest absolute Gasteiger partial charge is 0.270 e. The minimum Gasteiger partial charge on any atom is -0.347 e. The van der Waals surface area contributed by atoms with Crippen molar-refractivity contribution in [2.75, 3.05) is 0 Å². The number of nitriles is 1. The van der Waals surface area contributed by atoms with Crippen LogP contribution in [0.2, 0.25) is 0 Å². The summed E-state index contributed by atoms with van der Waals surface area (Å²) < 4.78 is 0. The van der Waals surface area contributed by atoms with E-state index in [0.29, 0.717) is 29.1 Å². The molecule has 92 valence electrons. The summed E-state index contributed by atoms with van der Waals surface area (Å²) in [6.07, 6.45) is 6.40. The van der Waals surface area contributed by atoms with Gasteiger partial charge in [-0.1, -0.05) is 0 Å². The van der Waals surface area contributed by atoms with Gasteiger partial charge in [0, 0.05) is 12.2 Å². The van der Waals surface area contributed by atoms with Crippen molar-refractivity contribution in [3.63, 3.8) is 0 Å². The number of carbonyl (C=O) groups excluding carboxylic acids is 1. The van der Waals surface area contributed by atoms with Crippen LogP contribution in [0.5, 0.6) is 0 Å². The fourth-order valence-corrected chi connectivity index (χ4v) is 2.35. The third-order valence-electron chi connectivity index (χ3n) is 3.68. The topological polar surface area (TPSA) is 65.8 Å². The van der Waals surface area contributed by atoms with Gasteiger partial charge in [0.2, 0.25) is 0 Å². The Bertz CT molecular complexity index is 483. The molecule has 0 unspecified atom stereocenters. The van der Waals surface area contributed by atoms with Crippen LogP contribution in [0.15, 0.2) is 18.3 Å². The minimum absolute atomic E-state index is 0.108. The van der Waals surface area contributed by atoms with Crippen molar-refractivity contribution in [1.82, 2.24) is 10.3 Å². The predicted molar refractivity (Wildman–Crippen MR) is 65.7 cm³/mol. The van der Waals surface area contributed by atoms with Crippen LogP contribution >= 0.6 is 0 Å². The summed E-state index contributed by atoms with van der Waals surface area (Å²) >= 11 is 0. The number of nitrogens with zero attached hydrogens (tertiary/aromatic N) is 2. The van der Waals surface area contributed by atoms with Gasteiger partial charge >= 0.3 is 0 Å². The maximum absolute atomic E-state index is 12.1. The Hall–Kier alpha value is -1.89. The lowest BCUT2D eigenvalue weighted by Crippen LogP contribution is -2.38. The third kappa shape index (κ3) is 2.35. The maximum atomic E-state index is 12.1. The Balaban J connectivity index is 1.67. The molecular weight excluding hydrogens is 226 g/mol. The fourth-order valence-electron chi connectivity index (χ4n) is 2.35. The second-order valence-corrected chi connectivity index (χ2v) is 5.22. The summed E-state index contributed by atoms with van der Waals surface area (Å²) in [6, 6.07) is 5.58. The molecule has 1 aromatic heterocycles. The van der Waals surface area contributed by atoms with E-state index in [0.717, 1.165) is 0 Å². The molecule has 3 rings (SSSR count). The summed E-state index contributed by atoms with van der Waals surface area (Å²) in [4.78, 5) is 16.1. The molecule has 0 radical (unpaired) electrons. The first-order valence-electron chi connectivity index (χ1n) is 6.45. The van der Waals surface area contributed by atoms with Crippen molar-refractivity contribution in [2.24, 2.45) is 11.8 Å². The molecule has 0 saturated heterocycles. The minimum atomic E-state index is -0.108. The van der Waals surface area contributed by atoms with E-state index < -0.39 is 0 Å². The molecule has 1 heterocycles. The molecular formula is C14H15N3O. The lowest BCUT2D eigenvalue weighted by molar-refractivity contribution is 0.0921. The lowest BCUT2D eigenvalue weighted by Gasteiger charge is -2.17. The molecule has 0 bridgehead atoms. The number of carbonyl (C=O) groups is 1. The Morgan fingerprint density at radius 2 is 2.00 bits per heavy atom. The Kier molecular flexibility index (Phi) is 2.75. The van der Waals surface area contributed by atoms with Gasteiger partial charge < -0.3 is 5.32 Å². The molecule has 1 amide bonds. The highest BCUT2D eigenvalue weighted by molar-refractivity contribution is 5.92. The van der Waals surface area contributed by atoms with Gasteiger partial charge in [0.15, 0.2) is 0 Å². The van der Waals surface area contributed by atoms with E-state index in [1.54, 1.807) is 12.1 Å². The van der Waals surface area contributed by atoms with Crippen LogP contribution in [0.4, 0.5) is 0 Å². The van der Waals surface area contributed by atoms with Gasteiger partial charge in [0.25, 0.3) is 5.91 Å². The molecule has 2 aliphatic carbocycles. The van der Waals surface area contributed by atoms with Gasteiger partial charge in [0.05, 0.1) is 5.56 Å². The average Bonchev–Trinajstić information content (AvgIpc) is 3.29. The number of aromatic nitrogens is 1. The molecule has 4 heteroatoms. The first kappa shape index (κ1) is 11.2. The number of rotatable bonds is 4. The highest BCUT2D eigenvalue weighted by Gasteiger charge is 2.42. The van der Waals surface area contributed by atoms with Crippen LogP contribution in [0.1, 0.15) is 41.7 Å². The molecule has 0 atom stereocenters. The van der Waals surface area contributed by atoms with Gasteiger partial charge in [-0.25, -0.2) is 4.98 Å². The Labute approximate surface area is 106 Å². The molecule has 2 saturated carbocycles. The first-order chi connectivity index (χ1) is 8.78. The predicted octanol–water partition coefficient (Wildman–Crippen LogP) is 1.87. The summed E-state index contributed by atoms with van der Waals surface area (Å²) in [5, 5.41) is 11.8. The van der Waals surface area contributed by atoms with E-state index in [1.807, 2.05) is 6.07 Å². The van der Waals surface area contributed by atoms with Crippen molar-refractivity contribution in [3.8, 4) is 6.07 Å². The van der Waals surface area contributed by atoms with Crippen molar-refractivity contribution in [3.05, 3.63) is 29.6 Å². The first-order valence-corrected chi connectivity index (χ1v) is 6.45. The zero-order chi connectivity index (χ0) is 12.5. The van der Waals surface area contributed by atoms with Crippen molar-refractivity contribution in [1.29, 1.82) is 5.26 Å². The van der Waals surface area contributed by atoms with Crippen molar-refractivity contribution in [2.45, 2.75) is 31.7 Å². The van der Waals surface area contributed by atoms with Gasteiger partial charge in [-0.05, 0) is 49.7 Å². The van der Waals surface area contributed by atoms with E-state index in [4.69, 9.17) is 5.26 Å². The Morgan fingerprint density at radius 1 is 1.33 bits per heavy atom. The molecule has 1 N–H and O–H groups in total. The van der Waals surface area contributed by atoms with Gasteiger partial charge in [0.1, 0.15) is 11.8 Å². The zero-order valence-corrected chi connectivity index (χ0v) is 10.1. The molecule has 0 spiro atoms. The highest BCUT2D eigenvalue weighted by Crippen LogP contribution is 2.44. The monoisotopic (exact) mass is 241 g/mol. The largest absolute Gasteiger partial charge is 0.347 e. The third-order valence-corrected chi connectivity index (χ3v) is 3.68. The van der Waals surface area contributed by atoms with Crippen molar-refractivity contribution >= 4 is 5.91 Å². The van der Waals surface area contributed by atoms with E-state index in [9.17, 15) is 4.79 Å². The van der Waals surface area contributed by atoms with Crippen LogP contribution in [0.3, 0.4) is 0 Å². The second kappa shape index (κ2) is 4.41. The number of hydrogen-bond acceptors (Lipinski definition) is 3. The Morgan fingerprint density at radius 3 is 2.44 bits per heavy atom. The molecule has 0 aromatic carbocycles. The van der Waals surface area contributed by atoms with E-state index >= 15 is 0 Å². The number of pyridine rings is 1. The van der Waals surface area contributed by atoms with Gasteiger partial charge in [-0.15, -0.1) is 0 Å². The van der Waals surface area contributed by atoms with Crippen LogP contribution in [-0.4, -0.2) is 16.9 Å². The molecule has 2 aliphatic rings. The normalized spacial score (nSPS) is 18.4. The number of nitrogens with one attached hydrogen (secondary N) is 1. The summed E-state index contributed by atoms with van der Waals surface area (Å²) in [7, 11) is 0. The quantitative estimate of drug-likeness (QED) is 0.875. The highest BCUT2D eigenvalue weighted by atomic mass is 16.1. The van der Waals surface area contributed by atoms with Crippen LogP contribution in [-0.2, 0) is 0 Å². The second-order valence-electron chi connectivity index (χ2n) is 5.22. The average molecular weight is 241 g/mol. The summed E-state index contributed by atoms with van der Waals surface area (Å²) in [5.41, 5.74) is 0.882. The molecule has 2 fully saturated rings. The maximum Gasteiger partial charge on any atom is 0.270 e. The molecule has 1 aromatic rings. The van der Waals surface area contributed by atoms with Gasteiger partial charge in [-0.2, -0.15) is 5.26 Å². The summed E-state index contributed by atoms with van der Waals surface area (Å²) in [5.74, 6) is 1.25. The SMILES string of the molecule is N#Cc1ccc(C(=O)NC(C2CC2)C2CC2)nc1. The van der Waals surface area contributed by atoms with Crippen LogP contribution < -0.4 is 5.32 Å². The van der Waals surface area contributed by atoms with Crippen LogP contribution in [0, 0.1) is 23.2 Å². The van der Waals surface area contributed by atoms with E-state index in [2.05, 4.69) is 10.3 Å². The van der Waals surface area contributed by atoms with Crippen LogP contribution in [0.25, 0.3) is 0 Å². The number of amides is 1. The summed E-state index contributed by atoms with van der Waals surface area (Å²) in [6.45, 7) is 0. The number of hydrogen-bond donors (Lipinski definition) is 1. The zero-order valence-electron chi connectivity index (χ0n) is 10.1. The van der Waals surface area contributed by atoms with E-state index in [1.165, 1.54) is 31.9 Å². The molecule has 18 heavy (non-hydrogen) atoms. The standard InChI is InChI=1S/C14H15N3O/c15-7-9-1-6-12(16-8-9)14(18)17-13(10-2-3-10)11-4-5-11/h1,6,8,10-11,13H,2-5H2,(H,17,18). The van der Waals surface area contributed by atoms with Gasteiger partial charge in [-0.3, -0.25) is 4.79 Å². The van der Waals surface area contributed by atoms with E-state index in [-0.39, 0.29) is 5.91 Å². The van der Waals surface area contributed by atoms with Crippen molar-refractivity contribution < 1.29 is 4.79 Å². The fraction of sp³-hybridized carbons (Fsp3) is 0.500. The lowest BCUT2D eigenvalue weighted by atomic mass is 10.1. The molecule has 4 nitrogen and oxygen atoms in total.